The van der Waals surface area contributed by atoms with E-state index >= 15 is 0 Å². The van der Waals surface area contributed by atoms with Crippen molar-refractivity contribution in [1.29, 1.82) is 0 Å². The highest BCUT2D eigenvalue weighted by Crippen LogP contribution is 2.31. The van der Waals surface area contributed by atoms with Crippen LogP contribution in [0.25, 0.3) is 0 Å². The maximum atomic E-state index is 12.4. The van der Waals surface area contributed by atoms with Gasteiger partial charge in [0, 0.05) is 18.7 Å². The van der Waals surface area contributed by atoms with Crippen molar-refractivity contribution in [2.45, 2.75) is 39.4 Å². The lowest BCUT2D eigenvalue weighted by atomic mass is 9.84. The monoisotopic (exact) mass is 280 g/mol. The largest absolute Gasteiger partial charge is 0.417 e. The van der Waals surface area contributed by atoms with Crippen molar-refractivity contribution in [2.24, 2.45) is 11.1 Å². The average Bonchev–Trinajstić information content (AvgIpc) is 2.17. The number of alkyl halides is 3. The molecule has 0 amide bonds. The lowest BCUT2D eigenvalue weighted by Gasteiger charge is -2.27. The Bertz CT molecular complexity index is 424. The molecule has 0 fully saturated rings. The van der Waals surface area contributed by atoms with Crippen molar-refractivity contribution < 1.29 is 13.2 Å². The number of nitrogens with two attached hydrogens (primary N) is 1. The van der Waals surface area contributed by atoms with Crippen LogP contribution in [-0.2, 0) is 12.6 Å². The minimum atomic E-state index is -4.43. The molecular weight excluding hydrogens is 265 g/mol. The number of rotatable bonds is 2. The average molecular weight is 281 g/mol. The lowest BCUT2D eigenvalue weighted by Crippen LogP contribution is -2.37. The molecule has 1 heterocycles. The van der Waals surface area contributed by atoms with Crippen molar-refractivity contribution in [2.75, 3.05) is 0 Å². The molecule has 2 nitrogen and oxygen atoms in total. The molecule has 0 aliphatic rings. The topological polar surface area (TPSA) is 38.9 Å². The molecule has 1 aromatic heterocycles. The van der Waals surface area contributed by atoms with E-state index in [1.54, 1.807) is 0 Å². The molecule has 0 spiro atoms. The number of halogens is 4. The molecule has 1 atom stereocenters. The zero-order valence-corrected chi connectivity index (χ0v) is 11.2. The molecule has 6 heteroatoms. The van der Waals surface area contributed by atoms with Crippen LogP contribution in [0.5, 0.6) is 0 Å². The summed E-state index contributed by atoms with van der Waals surface area (Å²) in [4.78, 5) is 3.77. The summed E-state index contributed by atoms with van der Waals surface area (Å²) in [5.41, 5.74) is 5.34. The predicted molar refractivity (Wildman–Crippen MR) is 65.4 cm³/mol. The third-order valence-electron chi connectivity index (χ3n) is 2.77. The zero-order valence-electron chi connectivity index (χ0n) is 10.5. The Hall–Kier alpha value is -0.810. The Morgan fingerprint density at radius 3 is 2.28 bits per heavy atom. The van der Waals surface area contributed by atoms with Crippen molar-refractivity contribution in [1.82, 2.24) is 4.98 Å². The SMILES string of the molecule is CC(C)(C)C(N)Cc1ncc(C(F)(F)F)cc1Cl. The summed E-state index contributed by atoms with van der Waals surface area (Å²) in [5.74, 6) is 0. The van der Waals surface area contributed by atoms with Crippen LogP contribution in [0, 0.1) is 5.41 Å². The number of aromatic nitrogens is 1. The molecule has 0 radical (unpaired) electrons. The van der Waals surface area contributed by atoms with Crippen LogP contribution in [0.3, 0.4) is 0 Å². The molecule has 1 unspecified atom stereocenters. The van der Waals surface area contributed by atoms with Crippen LogP contribution in [-0.4, -0.2) is 11.0 Å². The number of hydrogen-bond acceptors (Lipinski definition) is 2. The van der Waals surface area contributed by atoms with Gasteiger partial charge in [0.25, 0.3) is 0 Å². The molecule has 0 aliphatic heterocycles. The summed E-state index contributed by atoms with van der Waals surface area (Å²) >= 11 is 5.81. The van der Waals surface area contributed by atoms with Crippen molar-refractivity contribution in [3.8, 4) is 0 Å². The smallest absolute Gasteiger partial charge is 0.327 e. The Kier molecular flexibility index (Phi) is 4.28. The summed E-state index contributed by atoms with van der Waals surface area (Å²) in [6.45, 7) is 5.86. The Balaban J connectivity index is 2.94. The van der Waals surface area contributed by atoms with E-state index in [9.17, 15) is 13.2 Å². The van der Waals surface area contributed by atoms with E-state index in [1.807, 2.05) is 20.8 Å². The molecule has 18 heavy (non-hydrogen) atoms. The Labute approximate surface area is 109 Å². The van der Waals surface area contributed by atoms with Gasteiger partial charge in [-0.1, -0.05) is 32.4 Å². The fourth-order valence-electron chi connectivity index (χ4n) is 1.29. The van der Waals surface area contributed by atoms with Crippen LogP contribution >= 0.6 is 11.6 Å². The second-order valence-corrected chi connectivity index (χ2v) is 5.73. The summed E-state index contributed by atoms with van der Waals surface area (Å²) in [7, 11) is 0. The zero-order chi connectivity index (χ0) is 14.1. The molecule has 102 valence electrons. The highest BCUT2D eigenvalue weighted by atomic mass is 35.5. The van der Waals surface area contributed by atoms with Gasteiger partial charge in [0.15, 0.2) is 0 Å². The maximum Gasteiger partial charge on any atom is 0.417 e. The van der Waals surface area contributed by atoms with Crippen molar-refractivity contribution in [3.05, 3.63) is 28.5 Å². The van der Waals surface area contributed by atoms with E-state index in [1.165, 1.54) is 0 Å². The highest BCUT2D eigenvalue weighted by molar-refractivity contribution is 6.31. The van der Waals surface area contributed by atoms with E-state index < -0.39 is 11.7 Å². The molecule has 0 bridgehead atoms. The van der Waals surface area contributed by atoms with Gasteiger partial charge in [-0.2, -0.15) is 13.2 Å². The van der Waals surface area contributed by atoms with Crippen LogP contribution in [0.1, 0.15) is 32.0 Å². The molecule has 0 saturated carbocycles. The number of nitrogens with zero attached hydrogens (tertiary/aromatic N) is 1. The summed E-state index contributed by atoms with van der Waals surface area (Å²) in [6.07, 6.45) is -3.29. The van der Waals surface area contributed by atoms with Crippen LogP contribution < -0.4 is 5.73 Å². The van der Waals surface area contributed by atoms with Crippen LogP contribution in [0.2, 0.25) is 5.02 Å². The van der Waals surface area contributed by atoms with Gasteiger partial charge in [0.2, 0.25) is 0 Å². The minimum absolute atomic E-state index is 0.00419. The molecule has 2 N–H and O–H groups in total. The second-order valence-electron chi connectivity index (χ2n) is 5.33. The van der Waals surface area contributed by atoms with Gasteiger partial charge < -0.3 is 5.73 Å². The van der Waals surface area contributed by atoms with Gasteiger partial charge in [-0.05, 0) is 11.5 Å². The standard InChI is InChI=1S/C12H16ClF3N2/c1-11(2,3)10(17)5-9-8(13)4-7(6-18-9)12(14,15)16/h4,6,10H,5,17H2,1-3H3. The van der Waals surface area contributed by atoms with Gasteiger partial charge in [-0.3, -0.25) is 4.98 Å². The van der Waals surface area contributed by atoms with E-state index in [0.29, 0.717) is 12.1 Å². The minimum Gasteiger partial charge on any atom is -0.327 e. The highest BCUT2D eigenvalue weighted by Gasteiger charge is 2.32. The molecule has 0 aromatic carbocycles. The molecule has 0 aliphatic carbocycles. The first-order valence-electron chi connectivity index (χ1n) is 5.49. The van der Waals surface area contributed by atoms with Crippen molar-refractivity contribution >= 4 is 11.6 Å². The molecular formula is C12H16ClF3N2. The summed E-state index contributed by atoms with van der Waals surface area (Å²) < 4.78 is 37.3. The van der Waals surface area contributed by atoms with E-state index in [2.05, 4.69) is 4.98 Å². The lowest BCUT2D eigenvalue weighted by molar-refractivity contribution is -0.137. The van der Waals surface area contributed by atoms with Gasteiger partial charge in [0.1, 0.15) is 0 Å². The van der Waals surface area contributed by atoms with Crippen LogP contribution in [0.15, 0.2) is 12.3 Å². The fourth-order valence-corrected chi connectivity index (χ4v) is 1.53. The Morgan fingerprint density at radius 1 is 1.33 bits per heavy atom. The van der Waals surface area contributed by atoms with Gasteiger partial charge in [-0.15, -0.1) is 0 Å². The quantitative estimate of drug-likeness (QED) is 0.898. The van der Waals surface area contributed by atoms with E-state index in [-0.39, 0.29) is 16.5 Å². The van der Waals surface area contributed by atoms with E-state index in [0.717, 1.165) is 12.3 Å². The number of hydrogen-bond donors (Lipinski definition) is 1. The first-order chi connectivity index (χ1) is 8.01. The predicted octanol–water partition coefficient (Wildman–Crippen LogP) is 3.67. The van der Waals surface area contributed by atoms with Crippen molar-refractivity contribution in [3.63, 3.8) is 0 Å². The Morgan fingerprint density at radius 2 is 1.89 bits per heavy atom. The summed E-state index contributed by atoms with van der Waals surface area (Å²) in [6, 6.07) is 0.665. The van der Waals surface area contributed by atoms with Gasteiger partial charge in [-0.25, -0.2) is 0 Å². The molecule has 1 rings (SSSR count). The van der Waals surface area contributed by atoms with Gasteiger partial charge in [0.05, 0.1) is 16.3 Å². The van der Waals surface area contributed by atoms with E-state index in [4.69, 9.17) is 17.3 Å². The molecule has 0 saturated heterocycles. The maximum absolute atomic E-state index is 12.4. The first-order valence-corrected chi connectivity index (χ1v) is 5.87. The fraction of sp³-hybridized carbons (Fsp3) is 0.583. The van der Waals surface area contributed by atoms with Crippen LogP contribution in [0.4, 0.5) is 13.2 Å². The number of pyridine rings is 1. The third-order valence-corrected chi connectivity index (χ3v) is 3.10. The normalized spacial score (nSPS) is 14.7. The van der Waals surface area contributed by atoms with Gasteiger partial charge >= 0.3 is 6.18 Å². The third kappa shape index (κ3) is 3.85. The molecule has 1 aromatic rings. The second kappa shape index (κ2) is 5.05. The first kappa shape index (κ1) is 15.2. The summed E-state index contributed by atoms with van der Waals surface area (Å²) in [5, 5.41) is 0.00419.